The summed E-state index contributed by atoms with van der Waals surface area (Å²) in [5, 5.41) is 8.14. The Morgan fingerprint density at radius 3 is 2.33 bits per heavy atom. The molecule has 0 rings (SSSR count). The Morgan fingerprint density at radius 1 is 1.44 bits per heavy atom. The third kappa shape index (κ3) is 11.5. The van der Waals surface area contributed by atoms with Crippen molar-refractivity contribution in [1.82, 2.24) is 0 Å². The summed E-state index contributed by atoms with van der Waals surface area (Å²) in [6, 6.07) is 0. The number of carbonyl (C=O) groups is 1. The predicted octanol–water partition coefficient (Wildman–Crippen LogP) is 1.65. The van der Waals surface area contributed by atoms with Gasteiger partial charge in [-0.3, -0.25) is 4.79 Å². The number of unbranched alkanes of at least 4 members (excludes halogenated alkanes) is 2. The fraction of sp³-hybridized carbons (Fsp3) is 0.833. The van der Waals surface area contributed by atoms with E-state index in [4.69, 9.17) is 5.11 Å². The zero-order chi connectivity index (χ0) is 6.41. The van der Waals surface area contributed by atoms with Gasteiger partial charge in [-0.05, 0) is 6.42 Å². The van der Waals surface area contributed by atoms with Crippen LogP contribution in [0, 0.1) is 0 Å². The summed E-state index contributed by atoms with van der Waals surface area (Å²) < 4.78 is 0. The van der Waals surface area contributed by atoms with Crippen LogP contribution in [0.25, 0.3) is 0 Å². The number of carboxylic acids is 1. The normalized spacial score (nSPS) is 8.11. The van der Waals surface area contributed by atoms with Gasteiger partial charge in [0.2, 0.25) is 0 Å². The Labute approximate surface area is 65.8 Å². The predicted molar refractivity (Wildman–Crippen MR) is 31.8 cm³/mol. The van der Waals surface area contributed by atoms with Crippen LogP contribution in [0.5, 0.6) is 0 Å². The van der Waals surface area contributed by atoms with Gasteiger partial charge < -0.3 is 5.11 Å². The fourth-order valence-electron chi connectivity index (χ4n) is 0.526. The molecule has 1 radical (unpaired) electrons. The average molecular weight is 118 g/mol. The van der Waals surface area contributed by atoms with Crippen LogP contribution >= 0.6 is 0 Å². The number of rotatable bonds is 4. The molecule has 0 aromatic carbocycles. The first-order valence-electron chi connectivity index (χ1n) is 2.99. The van der Waals surface area contributed by atoms with Crippen molar-refractivity contribution in [3.63, 3.8) is 0 Å². The topological polar surface area (TPSA) is 37.3 Å². The molecule has 3 heteroatoms. The summed E-state index contributed by atoms with van der Waals surface area (Å²) in [6.45, 7) is 2.06. The first-order valence-corrected chi connectivity index (χ1v) is 2.99. The first kappa shape index (κ1) is 11.7. The van der Waals surface area contributed by atoms with Gasteiger partial charge in [0.05, 0.1) is 0 Å². The van der Waals surface area contributed by atoms with Gasteiger partial charge in [-0.2, -0.15) is 0 Å². The van der Waals surface area contributed by atoms with E-state index >= 15 is 0 Å². The third-order valence-electron chi connectivity index (χ3n) is 0.994. The molecular formula is C6H12CoO2. The van der Waals surface area contributed by atoms with Gasteiger partial charge in [0, 0.05) is 23.2 Å². The van der Waals surface area contributed by atoms with Crippen molar-refractivity contribution in [1.29, 1.82) is 0 Å². The molecule has 0 aliphatic carbocycles. The molecule has 0 saturated heterocycles. The van der Waals surface area contributed by atoms with Gasteiger partial charge in [-0.25, -0.2) is 0 Å². The maximum absolute atomic E-state index is 9.87. The molecule has 0 aliphatic heterocycles. The zero-order valence-electron chi connectivity index (χ0n) is 5.52. The Bertz CT molecular complexity index is 73.5. The van der Waals surface area contributed by atoms with E-state index in [1.165, 1.54) is 0 Å². The summed E-state index contributed by atoms with van der Waals surface area (Å²) >= 11 is 0. The maximum atomic E-state index is 9.87. The molecule has 0 aliphatic rings. The monoisotopic (exact) mass is 118 g/mol. The minimum atomic E-state index is -0.682. The van der Waals surface area contributed by atoms with E-state index in [9.17, 15) is 4.79 Å². The standard InChI is InChI=1S/C6H12O2.Co/c1-2-3-4-5-6(7)8;/h2-5H2,1H3,(H,7,8);/i;1-57. The second-order valence-electron chi connectivity index (χ2n) is 1.85. The van der Waals surface area contributed by atoms with Gasteiger partial charge in [-0.1, -0.05) is 19.8 Å². The number of carboxylic acid groups (broad SMARTS) is 1. The smallest absolute Gasteiger partial charge is 0.303 e. The van der Waals surface area contributed by atoms with Crippen LogP contribution in [-0.2, 0) is 21.6 Å². The summed E-state index contributed by atoms with van der Waals surface area (Å²) in [6.07, 6.45) is 3.28. The molecule has 0 amide bonds. The molecule has 1 N–H and O–H groups in total. The zero-order valence-corrected chi connectivity index (χ0v) is 6.56. The van der Waals surface area contributed by atoms with Crippen LogP contribution in [0.3, 0.4) is 0 Å². The van der Waals surface area contributed by atoms with Gasteiger partial charge in [0.15, 0.2) is 0 Å². The summed E-state index contributed by atoms with van der Waals surface area (Å²) in [5.41, 5.74) is 0. The molecule has 0 atom stereocenters. The fourth-order valence-corrected chi connectivity index (χ4v) is 0.526. The van der Waals surface area contributed by atoms with Crippen LogP contribution in [0.2, 0.25) is 0 Å². The van der Waals surface area contributed by atoms with Gasteiger partial charge in [0.1, 0.15) is 0 Å². The third-order valence-corrected chi connectivity index (χ3v) is 0.994. The van der Waals surface area contributed by atoms with Crippen LogP contribution < -0.4 is 0 Å². The Kier molecular flexibility index (Phi) is 10.4. The molecule has 2 nitrogen and oxygen atoms in total. The van der Waals surface area contributed by atoms with Gasteiger partial charge >= 0.3 is 5.97 Å². The molecule has 0 fully saturated rings. The van der Waals surface area contributed by atoms with Crippen molar-refractivity contribution in [3.05, 3.63) is 0 Å². The van der Waals surface area contributed by atoms with E-state index in [1.54, 1.807) is 0 Å². The van der Waals surface area contributed by atoms with Crippen LogP contribution in [0.1, 0.15) is 32.6 Å². The maximum Gasteiger partial charge on any atom is 0.303 e. The minimum absolute atomic E-state index is 0. The van der Waals surface area contributed by atoms with Gasteiger partial charge in [-0.15, -0.1) is 0 Å². The molecule has 0 heterocycles. The van der Waals surface area contributed by atoms with E-state index < -0.39 is 5.97 Å². The molecule has 9 heavy (non-hydrogen) atoms. The van der Waals surface area contributed by atoms with E-state index in [1.807, 2.05) is 0 Å². The average Bonchev–Trinajstić information content (AvgIpc) is 1.66. The first-order chi connectivity index (χ1) is 3.77. The largest absolute Gasteiger partial charge is 0.481 e. The number of aliphatic carboxylic acids is 1. The second kappa shape index (κ2) is 7.98. The number of hydrogen-bond acceptors (Lipinski definition) is 1. The Morgan fingerprint density at radius 2 is 2.00 bits per heavy atom. The molecule has 0 bridgehead atoms. The van der Waals surface area contributed by atoms with Crippen LogP contribution in [0.4, 0.5) is 0 Å². The van der Waals surface area contributed by atoms with Gasteiger partial charge in [0.25, 0.3) is 0 Å². The molecule has 0 spiro atoms. The van der Waals surface area contributed by atoms with E-state index in [-0.39, 0.29) is 16.8 Å². The van der Waals surface area contributed by atoms with E-state index in [2.05, 4.69) is 6.92 Å². The SMILES string of the molecule is CCCCCC(=O)O.[2Co]. The Hall–Kier alpha value is -0.0235. The van der Waals surface area contributed by atoms with Crippen molar-refractivity contribution in [2.45, 2.75) is 32.6 Å². The van der Waals surface area contributed by atoms with Crippen LogP contribution in [-0.4, -0.2) is 11.1 Å². The molecule has 0 aromatic rings. The Balaban J connectivity index is 0. The molecule has 0 unspecified atom stereocenters. The molecular weight excluding hydrogens is 106 g/mol. The van der Waals surface area contributed by atoms with Crippen molar-refractivity contribution < 1.29 is 26.7 Å². The second-order valence-corrected chi connectivity index (χ2v) is 1.85. The van der Waals surface area contributed by atoms with Crippen molar-refractivity contribution in [3.8, 4) is 0 Å². The van der Waals surface area contributed by atoms with Crippen LogP contribution in [0.15, 0.2) is 0 Å². The summed E-state index contributed by atoms with van der Waals surface area (Å²) in [5.74, 6) is -0.682. The van der Waals surface area contributed by atoms with Crippen molar-refractivity contribution in [2.75, 3.05) is 0 Å². The molecule has 0 aromatic heterocycles. The summed E-state index contributed by atoms with van der Waals surface area (Å²) in [4.78, 5) is 9.87. The van der Waals surface area contributed by atoms with E-state index in [0.717, 1.165) is 19.3 Å². The molecule has 0 saturated carbocycles. The number of hydrogen-bond donors (Lipinski definition) is 1. The van der Waals surface area contributed by atoms with E-state index in [0.29, 0.717) is 6.42 Å². The summed E-state index contributed by atoms with van der Waals surface area (Å²) in [7, 11) is 0. The quantitative estimate of drug-likeness (QED) is 0.570. The molecule has 57 valence electrons. The minimum Gasteiger partial charge on any atom is -0.481 e. The van der Waals surface area contributed by atoms with Crippen molar-refractivity contribution >= 4 is 5.97 Å². The van der Waals surface area contributed by atoms with Crippen molar-refractivity contribution in [2.24, 2.45) is 0 Å².